The van der Waals surface area contributed by atoms with Crippen LogP contribution in [0.3, 0.4) is 0 Å². The molecule has 10 heteroatoms. The molecule has 1 aromatic heterocycles. The van der Waals surface area contributed by atoms with Crippen LogP contribution >= 0.6 is 0 Å². The number of carboxylic acids is 1. The van der Waals surface area contributed by atoms with E-state index in [1.54, 1.807) is 36.5 Å². The second kappa shape index (κ2) is 10.0. The van der Waals surface area contributed by atoms with Crippen molar-refractivity contribution in [3.63, 3.8) is 0 Å². The molecule has 1 saturated heterocycles. The van der Waals surface area contributed by atoms with Crippen LogP contribution < -0.4 is 16.4 Å². The highest BCUT2D eigenvalue weighted by atomic mass is 16.4. The van der Waals surface area contributed by atoms with E-state index in [1.165, 1.54) is 0 Å². The molecule has 0 radical (unpaired) electrons. The van der Waals surface area contributed by atoms with Gasteiger partial charge in [-0.05, 0) is 17.2 Å². The number of primary amides is 1. The fraction of sp³-hybridized carbons (Fsp3) is 0.269. The van der Waals surface area contributed by atoms with Gasteiger partial charge in [0, 0.05) is 36.4 Å². The number of nitrogens with one attached hydrogen (secondary N) is 3. The quantitative estimate of drug-likeness (QED) is 0.278. The molecule has 1 fully saturated rings. The minimum atomic E-state index is -2.20. The zero-order valence-electron chi connectivity index (χ0n) is 19.3. The van der Waals surface area contributed by atoms with Crippen LogP contribution in [-0.4, -0.2) is 51.6 Å². The van der Waals surface area contributed by atoms with Gasteiger partial charge in [0.25, 0.3) is 0 Å². The van der Waals surface area contributed by atoms with Gasteiger partial charge in [-0.3, -0.25) is 24.0 Å². The zero-order chi connectivity index (χ0) is 25.9. The van der Waals surface area contributed by atoms with Crippen LogP contribution in [0.4, 0.5) is 0 Å². The molecule has 3 atom stereocenters. The number of Topliss-reactive ketones (excluding diaryl/α,β-unsaturated/α-hetero) is 1. The SMILES string of the molecule is NC(=O)[C@H](Cc1ccccc1)NC(=O)[C@@]1(CC(=O)O)CC(=O)[C@H](Cc2c[nH]c3ccccc23)NC1=O. The number of carbonyl (C=O) groups excluding carboxylic acids is 4. The number of fused-ring (bicyclic) bond motifs is 1. The largest absolute Gasteiger partial charge is 0.481 e. The van der Waals surface area contributed by atoms with Gasteiger partial charge in [-0.1, -0.05) is 48.5 Å². The number of hydrogen-bond donors (Lipinski definition) is 5. The van der Waals surface area contributed by atoms with Crippen molar-refractivity contribution in [2.75, 3.05) is 0 Å². The number of piperidine rings is 1. The summed E-state index contributed by atoms with van der Waals surface area (Å²) in [6.45, 7) is 0. The molecule has 1 aliphatic rings. The van der Waals surface area contributed by atoms with Gasteiger partial charge in [0.2, 0.25) is 17.7 Å². The molecular weight excluding hydrogens is 464 g/mol. The van der Waals surface area contributed by atoms with E-state index < -0.39 is 59.8 Å². The van der Waals surface area contributed by atoms with Gasteiger partial charge in [0.05, 0.1) is 12.5 Å². The molecule has 1 aliphatic heterocycles. The number of hydrogen-bond acceptors (Lipinski definition) is 5. The second-order valence-electron chi connectivity index (χ2n) is 9.00. The number of aliphatic carboxylic acids is 1. The number of amides is 3. The Morgan fingerprint density at radius 3 is 2.47 bits per heavy atom. The molecule has 0 spiro atoms. The van der Waals surface area contributed by atoms with E-state index >= 15 is 0 Å². The first-order valence-corrected chi connectivity index (χ1v) is 11.4. The maximum absolute atomic E-state index is 13.3. The maximum atomic E-state index is 13.3. The van der Waals surface area contributed by atoms with E-state index in [0.717, 1.165) is 16.5 Å². The normalized spacial score (nSPS) is 20.5. The van der Waals surface area contributed by atoms with Crippen molar-refractivity contribution in [3.8, 4) is 0 Å². The predicted molar refractivity (Wildman–Crippen MR) is 130 cm³/mol. The average molecular weight is 491 g/mol. The highest BCUT2D eigenvalue weighted by molar-refractivity contribution is 6.14. The molecule has 36 heavy (non-hydrogen) atoms. The molecule has 0 unspecified atom stereocenters. The van der Waals surface area contributed by atoms with Gasteiger partial charge >= 0.3 is 5.97 Å². The van der Waals surface area contributed by atoms with Crippen molar-refractivity contribution >= 4 is 40.4 Å². The molecule has 6 N–H and O–H groups in total. The summed E-state index contributed by atoms with van der Waals surface area (Å²) in [6, 6.07) is 14.1. The number of H-pyrrole nitrogens is 1. The summed E-state index contributed by atoms with van der Waals surface area (Å²) in [5, 5.41) is 15.4. The van der Waals surface area contributed by atoms with Crippen molar-refractivity contribution in [3.05, 3.63) is 71.9 Å². The minimum Gasteiger partial charge on any atom is -0.481 e. The number of para-hydroxylation sites is 1. The van der Waals surface area contributed by atoms with Gasteiger partial charge < -0.3 is 26.5 Å². The summed E-state index contributed by atoms with van der Waals surface area (Å²) < 4.78 is 0. The Hall–Kier alpha value is -4.47. The van der Waals surface area contributed by atoms with Crippen LogP contribution in [0.5, 0.6) is 0 Å². The number of aromatic nitrogens is 1. The number of benzene rings is 2. The standard InChI is InChI=1S/C26H26N4O6/c27-23(34)20(10-15-6-2-1-3-7-15)30-25(36)26(13-22(32)33)12-21(31)19(29-24(26)35)11-16-14-28-18-9-5-4-8-17(16)18/h1-9,14,19-20,28H,10-13H2,(H2,27,34)(H,29,35)(H,30,36)(H,32,33)/t19-,20-,26+/m0/s1. The van der Waals surface area contributed by atoms with Crippen molar-refractivity contribution in [1.29, 1.82) is 0 Å². The van der Waals surface area contributed by atoms with Gasteiger partial charge in [0.1, 0.15) is 11.5 Å². The fourth-order valence-corrected chi connectivity index (χ4v) is 4.60. The third kappa shape index (κ3) is 4.97. The lowest BCUT2D eigenvalue weighted by molar-refractivity contribution is -0.159. The highest BCUT2D eigenvalue weighted by Gasteiger charge is 2.54. The van der Waals surface area contributed by atoms with E-state index in [1.807, 2.05) is 24.3 Å². The second-order valence-corrected chi connectivity index (χ2v) is 9.00. The van der Waals surface area contributed by atoms with E-state index in [9.17, 15) is 29.1 Å². The molecule has 0 saturated carbocycles. The van der Waals surface area contributed by atoms with E-state index in [4.69, 9.17) is 5.73 Å². The lowest BCUT2D eigenvalue weighted by Crippen LogP contribution is -2.63. The van der Waals surface area contributed by atoms with Crippen molar-refractivity contribution in [2.45, 2.75) is 37.8 Å². The summed E-state index contributed by atoms with van der Waals surface area (Å²) in [5.74, 6) is -4.66. The molecule has 3 amide bonds. The van der Waals surface area contributed by atoms with Crippen molar-refractivity contribution in [1.82, 2.24) is 15.6 Å². The third-order valence-corrected chi connectivity index (χ3v) is 6.52. The Balaban J connectivity index is 1.55. The number of nitrogens with two attached hydrogens (primary N) is 1. The predicted octanol–water partition coefficient (Wildman–Crippen LogP) is 0.842. The van der Waals surface area contributed by atoms with E-state index in [0.29, 0.717) is 5.56 Å². The number of rotatable bonds is 9. The molecule has 0 aliphatic carbocycles. The first-order valence-electron chi connectivity index (χ1n) is 11.4. The molecule has 2 heterocycles. The lowest BCUT2D eigenvalue weighted by Gasteiger charge is -2.37. The molecule has 3 aromatic rings. The Kier molecular flexibility index (Phi) is 6.86. The molecule has 10 nitrogen and oxygen atoms in total. The van der Waals surface area contributed by atoms with Crippen LogP contribution in [0.25, 0.3) is 10.9 Å². The van der Waals surface area contributed by atoms with Gasteiger partial charge in [-0.15, -0.1) is 0 Å². The van der Waals surface area contributed by atoms with Crippen LogP contribution in [-0.2, 0) is 36.8 Å². The molecule has 186 valence electrons. The fourth-order valence-electron chi connectivity index (χ4n) is 4.60. The minimum absolute atomic E-state index is 0.0455. The zero-order valence-corrected chi connectivity index (χ0v) is 19.3. The maximum Gasteiger partial charge on any atom is 0.304 e. The summed E-state index contributed by atoms with van der Waals surface area (Å²) >= 11 is 0. The van der Waals surface area contributed by atoms with Crippen LogP contribution in [0.2, 0.25) is 0 Å². The van der Waals surface area contributed by atoms with Crippen molar-refractivity contribution in [2.24, 2.45) is 11.1 Å². The highest BCUT2D eigenvalue weighted by Crippen LogP contribution is 2.33. The van der Waals surface area contributed by atoms with Gasteiger partial charge in [0.15, 0.2) is 5.78 Å². The summed E-state index contributed by atoms with van der Waals surface area (Å²) in [7, 11) is 0. The smallest absolute Gasteiger partial charge is 0.304 e. The van der Waals surface area contributed by atoms with E-state index in [-0.39, 0.29) is 12.8 Å². The summed E-state index contributed by atoms with van der Waals surface area (Å²) in [4.78, 5) is 66.5. The topological polar surface area (TPSA) is 171 Å². The number of ketones is 1. The molecular formula is C26H26N4O6. The van der Waals surface area contributed by atoms with Gasteiger partial charge in [-0.2, -0.15) is 0 Å². The Bertz CT molecular complexity index is 1330. The molecule has 2 aromatic carbocycles. The van der Waals surface area contributed by atoms with E-state index in [2.05, 4.69) is 15.6 Å². The Labute approximate surface area is 206 Å². The number of carbonyl (C=O) groups is 5. The first kappa shape index (κ1) is 24.6. The van der Waals surface area contributed by atoms with Crippen molar-refractivity contribution < 1.29 is 29.1 Å². The van der Waals surface area contributed by atoms with Gasteiger partial charge in [-0.25, -0.2) is 0 Å². The van der Waals surface area contributed by atoms with Crippen LogP contribution in [0.1, 0.15) is 24.0 Å². The number of carboxylic acid groups (broad SMARTS) is 1. The molecule has 0 bridgehead atoms. The monoisotopic (exact) mass is 490 g/mol. The first-order chi connectivity index (χ1) is 17.2. The third-order valence-electron chi connectivity index (χ3n) is 6.52. The Morgan fingerprint density at radius 1 is 1.08 bits per heavy atom. The lowest BCUT2D eigenvalue weighted by atomic mass is 9.73. The summed E-state index contributed by atoms with van der Waals surface area (Å²) in [5.41, 5.74) is 5.65. The molecule has 4 rings (SSSR count). The summed E-state index contributed by atoms with van der Waals surface area (Å²) in [6.07, 6.45) is 0.450. The van der Waals surface area contributed by atoms with Crippen LogP contribution in [0, 0.1) is 5.41 Å². The average Bonchev–Trinajstić information content (AvgIpc) is 3.25. The Morgan fingerprint density at radius 2 is 1.78 bits per heavy atom. The van der Waals surface area contributed by atoms with Crippen LogP contribution in [0.15, 0.2) is 60.8 Å². The number of aromatic amines is 1.